The van der Waals surface area contributed by atoms with Crippen LogP contribution < -0.4 is 5.32 Å². The van der Waals surface area contributed by atoms with Gasteiger partial charge in [-0.3, -0.25) is 0 Å². The summed E-state index contributed by atoms with van der Waals surface area (Å²) in [4.78, 5) is 4.53. The number of fused-ring (bicyclic) bond motifs is 1. The lowest BCUT2D eigenvalue weighted by Gasteiger charge is -2.11. The summed E-state index contributed by atoms with van der Waals surface area (Å²) in [6.07, 6.45) is 0. The third kappa shape index (κ3) is 2.35. The average Bonchev–Trinajstić information content (AvgIpc) is 2.54. The molecule has 2 rings (SSSR count). The Balaban J connectivity index is 2.62. The summed E-state index contributed by atoms with van der Waals surface area (Å²) >= 11 is 12.0. The smallest absolute Gasteiger partial charge is 0.204 e. The van der Waals surface area contributed by atoms with Crippen molar-refractivity contribution in [1.29, 1.82) is 0 Å². The lowest BCUT2D eigenvalue weighted by molar-refractivity contribution is 0.767. The zero-order valence-electron chi connectivity index (χ0n) is 10.1. The van der Waals surface area contributed by atoms with Gasteiger partial charge in [0.25, 0.3) is 0 Å². The molecule has 0 radical (unpaired) electrons. The summed E-state index contributed by atoms with van der Waals surface area (Å²) in [6, 6.07) is 4.00. The molecule has 92 valence electrons. The van der Waals surface area contributed by atoms with E-state index in [1.807, 2.05) is 6.07 Å². The first kappa shape index (κ1) is 12.5. The van der Waals surface area contributed by atoms with Gasteiger partial charge in [0.05, 0.1) is 21.1 Å². The summed E-state index contributed by atoms with van der Waals surface area (Å²) in [5.74, 6) is 0.857. The Labute approximate surface area is 111 Å². The highest BCUT2D eigenvalue weighted by atomic mass is 35.5. The quantitative estimate of drug-likeness (QED) is 0.908. The molecule has 3 nitrogen and oxygen atoms in total. The van der Waals surface area contributed by atoms with Crippen LogP contribution in [-0.2, 0) is 6.54 Å². The lowest BCUT2D eigenvalue weighted by atomic mass is 10.3. The standard InChI is InChI=1S/C12H15Cl2N3/c1-4-17-11-6-9(14)8(13)5-10(11)16-12(17)15-7(2)3/h5-7H,4H2,1-3H3,(H,15,16). The Morgan fingerprint density at radius 3 is 2.53 bits per heavy atom. The Kier molecular flexibility index (Phi) is 3.50. The van der Waals surface area contributed by atoms with E-state index < -0.39 is 0 Å². The van der Waals surface area contributed by atoms with Gasteiger partial charge in [0.2, 0.25) is 5.95 Å². The normalized spacial score (nSPS) is 11.4. The van der Waals surface area contributed by atoms with Gasteiger partial charge in [-0.05, 0) is 32.9 Å². The van der Waals surface area contributed by atoms with E-state index in [0.29, 0.717) is 16.1 Å². The number of aryl methyl sites for hydroxylation is 1. The van der Waals surface area contributed by atoms with Crippen molar-refractivity contribution < 1.29 is 0 Å². The molecule has 0 bridgehead atoms. The van der Waals surface area contributed by atoms with Crippen LogP contribution in [0.5, 0.6) is 0 Å². The number of halogens is 2. The molecule has 17 heavy (non-hydrogen) atoms. The molecule has 1 heterocycles. The van der Waals surface area contributed by atoms with Gasteiger partial charge in [-0.1, -0.05) is 23.2 Å². The molecular weight excluding hydrogens is 257 g/mol. The minimum atomic E-state index is 0.336. The minimum Gasteiger partial charge on any atom is -0.353 e. The van der Waals surface area contributed by atoms with Gasteiger partial charge in [-0.15, -0.1) is 0 Å². The number of imidazole rings is 1. The highest BCUT2D eigenvalue weighted by Crippen LogP contribution is 2.29. The van der Waals surface area contributed by atoms with Crippen LogP contribution in [0.1, 0.15) is 20.8 Å². The van der Waals surface area contributed by atoms with Crippen molar-refractivity contribution in [3.63, 3.8) is 0 Å². The number of hydrogen-bond donors (Lipinski definition) is 1. The second-order valence-corrected chi connectivity index (χ2v) is 5.05. The van der Waals surface area contributed by atoms with Crippen LogP contribution in [0, 0.1) is 0 Å². The van der Waals surface area contributed by atoms with Crippen molar-refractivity contribution in [2.45, 2.75) is 33.4 Å². The van der Waals surface area contributed by atoms with Gasteiger partial charge in [0.15, 0.2) is 0 Å². The predicted molar refractivity (Wildman–Crippen MR) is 74.2 cm³/mol. The first-order valence-electron chi connectivity index (χ1n) is 5.64. The molecule has 2 aromatic rings. The van der Waals surface area contributed by atoms with E-state index >= 15 is 0 Å². The molecule has 5 heteroatoms. The Hall–Kier alpha value is -0.930. The number of benzene rings is 1. The topological polar surface area (TPSA) is 29.9 Å². The fourth-order valence-electron chi connectivity index (χ4n) is 1.81. The fourth-order valence-corrected chi connectivity index (χ4v) is 2.12. The van der Waals surface area contributed by atoms with E-state index in [2.05, 4.69) is 35.6 Å². The molecular formula is C12H15Cl2N3. The molecule has 1 aromatic carbocycles. The van der Waals surface area contributed by atoms with Gasteiger partial charge in [0, 0.05) is 12.6 Å². The molecule has 0 saturated heterocycles. The second kappa shape index (κ2) is 4.75. The van der Waals surface area contributed by atoms with E-state index in [0.717, 1.165) is 23.5 Å². The van der Waals surface area contributed by atoms with Crippen molar-refractivity contribution >= 4 is 40.2 Å². The molecule has 0 saturated carbocycles. The molecule has 1 N–H and O–H groups in total. The van der Waals surface area contributed by atoms with Crippen LogP contribution in [0.2, 0.25) is 10.0 Å². The van der Waals surface area contributed by atoms with Crippen LogP contribution in [0.4, 0.5) is 5.95 Å². The van der Waals surface area contributed by atoms with Gasteiger partial charge in [-0.25, -0.2) is 4.98 Å². The maximum Gasteiger partial charge on any atom is 0.204 e. The highest BCUT2D eigenvalue weighted by molar-refractivity contribution is 6.42. The van der Waals surface area contributed by atoms with Crippen LogP contribution >= 0.6 is 23.2 Å². The number of aromatic nitrogens is 2. The monoisotopic (exact) mass is 271 g/mol. The molecule has 1 aromatic heterocycles. The number of anilines is 1. The second-order valence-electron chi connectivity index (χ2n) is 4.23. The van der Waals surface area contributed by atoms with Crippen LogP contribution in [0.3, 0.4) is 0 Å². The summed E-state index contributed by atoms with van der Waals surface area (Å²) in [5.41, 5.74) is 1.87. The molecule has 0 aliphatic rings. The summed E-state index contributed by atoms with van der Waals surface area (Å²) < 4.78 is 2.09. The molecule has 0 amide bonds. The van der Waals surface area contributed by atoms with Crippen molar-refractivity contribution in [2.24, 2.45) is 0 Å². The fraction of sp³-hybridized carbons (Fsp3) is 0.417. The summed E-state index contributed by atoms with van der Waals surface area (Å²) in [5, 5.41) is 4.42. The van der Waals surface area contributed by atoms with Crippen LogP contribution in [0.15, 0.2) is 12.1 Å². The van der Waals surface area contributed by atoms with Crippen LogP contribution in [0.25, 0.3) is 11.0 Å². The lowest BCUT2D eigenvalue weighted by Crippen LogP contribution is -2.14. The molecule has 0 aliphatic carbocycles. The minimum absolute atomic E-state index is 0.336. The highest BCUT2D eigenvalue weighted by Gasteiger charge is 2.12. The van der Waals surface area contributed by atoms with E-state index in [1.165, 1.54) is 0 Å². The number of nitrogens with one attached hydrogen (secondary N) is 1. The SMILES string of the molecule is CCn1c(NC(C)C)nc2cc(Cl)c(Cl)cc21. The first-order chi connectivity index (χ1) is 8.02. The van der Waals surface area contributed by atoms with Crippen molar-refractivity contribution in [2.75, 3.05) is 5.32 Å². The maximum atomic E-state index is 6.04. The Morgan fingerprint density at radius 2 is 1.94 bits per heavy atom. The molecule has 0 atom stereocenters. The molecule has 0 aliphatic heterocycles. The van der Waals surface area contributed by atoms with E-state index in [1.54, 1.807) is 6.07 Å². The van der Waals surface area contributed by atoms with Gasteiger partial charge in [-0.2, -0.15) is 0 Å². The Morgan fingerprint density at radius 1 is 1.29 bits per heavy atom. The molecule has 0 fully saturated rings. The van der Waals surface area contributed by atoms with E-state index in [9.17, 15) is 0 Å². The number of rotatable bonds is 3. The van der Waals surface area contributed by atoms with Crippen LogP contribution in [-0.4, -0.2) is 15.6 Å². The zero-order chi connectivity index (χ0) is 12.6. The summed E-state index contributed by atoms with van der Waals surface area (Å²) in [7, 11) is 0. The van der Waals surface area contributed by atoms with E-state index in [-0.39, 0.29) is 0 Å². The predicted octanol–water partition coefficient (Wildman–Crippen LogP) is 4.18. The Bertz CT molecular complexity index is 546. The zero-order valence-corrected chi connectivity index (χ0v) is 11.6. The maximum absolute atomic E-state index is 6.04. The molecule has 0 spiro atoms. The third-order valence-corrected chi connectivity index (χ3v) is 3.25. The number of hydrogen-bond acceptors (Lipinski definition) is 2. The van der Waals surface area contributed by atoms with Gasteiger partial charge in [0.1, 0.15) is 0 Å². The van der Waals surface area contributed by atoms with E-state index in [4.69, 9.17) is 23.2 Å². The van der Waals surface area contributed by atoms with Gasteiger partial charge < -0.3 is 9.88 Å². The molecule has 0 unspecified atom stereocenters. The average molecular weight is 272 g/mol. The third-order valence-electron chi connectivity index (χ3n) is 2.52. The largest absolute Gasteiger partial charge is 0.353 e. The number of nitrogens with zero attached hydrogens (tertiary/aromatic N) is 2. The van der Waals surface area contributed by atoms with Crippen molar-refractivity contribution in [3.8, 4) is 0 Å². The first-order valence-corrected chi connectivity index (χ1v) is 6.40. The van der Waals surface area contributed by atoms with Crippen molar-refractivity contribution in [3.05, 3.63) is 22.2 Å². The van der Waals surface area contributed by atoms with Gasteiger partial charge >= 0.3 is 0 Å². The summed E-state index contributed by atoms with van der Waals surface area (Å²) in [6.45, 7) is 7.08. The van der Waals surface area contributed by atoms with Crippen molar-refractivity contribution in [1.82, 2.24) is 9.55 Å².